The molecule has 25 heavy (non-hydrogen) atoms. The highest BCUT2D eigenvalue weighted by Gasteiger charge is 2.15. The molecule has 0 saturated heterocycles. The Kier molecular flexibility index (Phi) is 5.08. The van der Waals surface area contributed by atoms with Crippen molar-refractivity contribution in [2.75, 3.05) is 7.11 Å². The standard InChI is InChI=1S/C19H19FN2O2S/c1-12(2)11-22-17-9-4-13(18(23)24-3)10-16(17)21-19(22)25-15-7-5-14(20)6-8-15/h4-10,12H,11H2,1-3H3. The molecule has 0 unspecified atom stereocenters. The number of fused-ring (bicyclic) bond motifs is 1. The van der Waals surface area contributed by atoms with Crippen molar-refractivity contribution < 1.29 is 13.9 Å². The van der Waals surface area contributed by atoms with Crippen LogP contribution in [0.15, 0.2) is 52.5 Å². The lowest BCUT2D eigenvalue weighted by molar-refractivity contribution is 0.0601. The number of carbonyl (C=O) groups is 1. The van der Waals surface area contributed by atoms with E-state index in [1.54, 1.807) is 24.3 Å². The fourth-order valence-electron chi connectivity index (χ4n) is 2.58. The van der Waals surface area contributed by atoms with Crippen molar-refractivity contribution >= 4 is 28.8 Å². The molecule has 0 aliphatic heterocycles. The zero-order chi connectivity index (χ0) is 18.0. The number of aromatic nitrogens is 2. The predicted octanol–water partition coefficient (Wildman–Crippen LogP) is 4.77. The Bertz CT molecular complexity index is 904. The van der Waals surface area contributed by atoms with E-state index in [1.165, 1.54) is 31.0 Å². The van der Waals surface area contributed by atoms with Gasteiger partial charge in [-0.15, -0.1) is 0 Å². The third-order valence-electron chi connectivity index (χ3n) is 3.70. The van der Waals surface area contributed by atoms with Crippen molar-refractivity contribution in [3.8, 4) is 0 Å². The highest BCUT2D eigenvalue weighted by atomic mass is 32.2. The first-order chi connectivity index (χ1) is 12.0. The van der Waals surface area contributed by atoms with Gasteiger partial charge in [0.15, 0.2) is 5.16 Å². The van der Waals surface area contributed by atoms with Crippen molar-refractivity contribution in [1.29, 1.82) is 0 Å². The van der Waals surface area contributed by atoms with E-state index in [9.17, 15) is 9.18 Å². The van der Waals surface area contributed by atoms with Crippen LogP contribution in [0.2, 0.25) is 0 Å². The molecule has 0 bridgehead atoms. The minimum absolute atomic E-state index is 0.261. The van der Waals surface area contributed by atoms with E-state index in [4.69, 9.17) is 4.74 Å². The van der Waals surface area contributed by atoms with Crippen LogP contribution in [-0.2, 0) is 11.3 Å². The molecule has 6 heteroatoms. The lowest BCUT2D eigenvalue weighted by atomic mass is 10.2. The number of halogens is 1. The van der Waals surface area contributed by atoms with Gasteiger partial charge in [-0.1, -0.05) is 25.6 Å². The number of hydrogen-bond acceptors (Lipinski definition) is 4. The van der Waals surface area contributed by atoms with Gasteiger partial charge in [-0.25, -0.2) is 14.2 Å². The van der Waals surface area contributed by atoms with Gasteiger partial charge >= 0.3 is 5.97 Å². The summed E-state index contributed by atoms with van der Waals surface area (Å²) in [5, 5.41) is 0.817. The average Bonchev–Trinajstić information content (AvgIpc) is 2.92. The quantitative estimate of drug-likeness (QED) is 0.616. The smallest absolute Gasteiger partial charge is 0.337 e. The molecule has 0 atom stereocenters. The van der Waals surface area contributed by atoms with Crippen molar-refractivity contribution in [1.82, 2.24) is 9.55 Å². The van der Waals surface area contributed by atoms with Crippen LogP contribution in [-0.4, -0.2) is 22.6 Å². The van der Waals surface area contributed by atoms with Gasteiger partial charge in [0.2, 0.25) is 0 Å². The Morgan fingerprint density at radius 3 is 2.60 bits per heavy atom. The number of nitrogens with zero attached hydrogens (tertiary/aromatic N) is 2. The van der Waals surface area contributed by atoms with Gasteiger partial charge in [0.05, 0.1) is 23.7 Å². The lowest BCUT2D eigenvalue weighted by Crippen LogP contribution is -2.06. The maximum Gasteiger partial charge on any atom is 0.337 e. The van der Waals surface area contributed by atoms with Gasteiger partial charge in [-0.2, -0.15) is 0 Å². The van der Waals surface area contributed by atoms with Crippen molar-refractivity contribution in [3.63, 3.8) is 0 Å². The SMILES string of the molecule is COC(=O)c1ccc2c(c1)nc(Sc1ccc(F)cc1)n2CC(C)C. The second kappa shape index (κ2) is 7.27. The summed E-state index contributed by atoms with van der Waals surface area (Å²) in [6.07, 6.45) is 0. The van der Waals surface area contributed by atoms with Gasteiger partial charge < -0.3 is 9.30 Å². The minimum atomic E-state index is -0.381. The third kappa shape index (κ3) is 3.85. The molecule has 0 fully saturated rings. The number of rotatable bonds is 5. The monoisotopic (exact) mass is 358 g/mol. The van der Waals surface area contributed by atoms with Gasteiger partial charge in [0, 0.05) is 11.4 Å². The van der Waals surface area contributed by atoms with Crippen LogP contribution in [0, 0.1) is 11.7 Å². The molecule has 0 spiro atoms. The zero-order valence-electron chi connectivity index (χ0n) is 14.3. The Hall–Kier alpha value is -2.34. The molecule has 0 aliphatic rings. The molecule has 0 radical (unpaired) electrons. The first kappa shape index (κ1) is 17.5. The Morgan fingerprint density at radius 1 is 1.24 bits per heavy atom. The molecule has 130 valence electrons. The maximum atomic E-state index is 13.1. The summed E-state index contributed by atoms with van der Waals surface area (Å²) < 4.78 is 20.0. The third-order valence-corrected chi connectivity index (χ3v) is 4.71. The number of carbonyl (C=O) groups excluding carboxylic acids is 1. The van der Waals surface area contributed by atoms with Gasteiger partial charge in [0.25, 0.3) is 0 Å². The summed E-state index contributed by atoms with van der Waals surface area (Å²) in [6, 6.07) is 11.7. The number of hydrogen-bond donors (Lipinski definition) is 0. The van der Waals surface area contributed by atoms with E-state index in [2.05, 4.69) is 23.4 Å². The molecular formula is C19H19FN2O2S. The molecule has 0 N–H and O–H groups in total. The number of imidazole rings is 1. The zero-order valence-corrected chi connectivity index (χ0v) is 15.1. The highest BCUT2D eigenvalue weighted by molar-refractivity contribution is 7.99. The molecule has 1 heterocycles. The van der Waals surface area contributed by atoms with Crippen LogP contribution in [0.4, 0.5) is 4.39 Å². The van der Waals surface area contributed by atoms with E-state index < -0.39 is 0 Å². The Labute approximate surface area is 150 Å². The number of ether oxygens (including phenoxy) is 1. The van der Waals surface area contributed by atoms with E-state index in [0.717, 1.165) is 27.6 Å². The number of esters is 1. The summed E-state index contributed by atoms with van der Waals surface area (Å²) in [7, 11) is 1.36. The van der Waals surface area contributed by atoms with Gasteiger partial charge in [-0.05, 0) is 48.4 Å². The van der Waals surface area contributed by atoms with Crippen molar-refractivity contribution in [3.05, 3.63) is 53.8 Å². The van der Waals surface area contributed by atoms with Crippen LogP contribution in [0.25, 0.3) is 11.0 Å². The van der Waals surface area contributed by atoms with Crippen LogP contribution in [0.5, 0.6) is 0 Å². The second-order valence-electron chi connectivity index (χ2n) is 6.15. The van der Waals surface area contributed by atoms with Crippen LogP contribution < -0.4 is 0 Å². The summed E-state index contributed by atoms with van der Waals surface area (Å²) in [4.78, 5) is 17.3. The Morgan fingerprint density at radius 2 is 1.96 bits per heavy atom. The summed E-state index contributed by atoms with van der Waals surface area (Å²) in [5.74, 6) is -0.207. The van der Waals surface area contributed by atoms with E-state index >= 15 is 0 Å². The molecule has 3 aromatic rings. The molecule has 4 nitrogen and oxygen atoms in total. The molecule has 0 amide bonds. The molecular weight excluding hydrogens is 339 g/mol. The topological polar surface area (TPSA) is 44.1 Å². The van der Waals surface area contributed by atoms with Crippen molar-refractivity contribution in [2.24, 2.45) is 5.92 Å². The lowest BCUT2D eigenvalue weighted by Gasteiger charge is -2.11. The molecule has 0 aliphatic carbocycles. The molecule has 2 aromatic carbocycles. The van der Waals surface area contributed by atoms with E-state index in [1.807, 2.05) is 6.07 Å². The van der Waals surface area contributed by atoms with Crippen LogP contribution >= 0.6 is 11.8 Å². The summed E-state index contributed by atoms with van der Waals surface area (Å²) in [6.45, 7) is 5.08. The fraction of sp³-hybridized carbons (Fsp3) is 0.263. The summed E-state index contributed by atoms with van der Waals surface area (Å²) >= 11 is 1.48. The Balaban J connectivity index is 2.05. The first-order valence-corrected chi connectivity index (χ1v) is 8.81. The second-order valence-corrected chi connectivity index (χ2v) is 7.19. The first-order valence-electron chi connectivity index (χ1n) is 8.00. The van der Waals surface area contributed by atoms with E-state index in [0.29, 0.717) is 11.5 Å². The van der Waals surface area contributed by atoms with Gasteiger partial charge in [0.1, 0.15) is 5.82 Å². The summed E-state index contributed by atoms with van der Waals surface area (Å²) in [5.41, 5.74) is 2.18. The highest BCUT2D eigenvalue weighted by Crippen LogP contribution is 2.31. The molecule has 0 saturated carbocycles. The molecule has 1 aromatic heterocycles. The fourth-order valence-corrected chi connectivity index (χ4v) is 3.49. The van der Waals surface area contributed by atoms with Crippen LogP contribution in [0.3, 0.4) is 0 Å². The normalized spacial score (nSPS) is 11.2. The van der Waals surface area contributed by atoms with Crippen molar-refractivity contribution in [2.45, 2.75) is 30.4 Å². The number of methoxy groups -OCH3 is 1. The minimum Gasteiger partial charge on any atom is -0.465 e. The molecule has 3 rings (SSSR count). The maximum absolute atomic E-state index is 13.1. The van der Waals surface area contributed by atoms with Gasteiger partial charge in [-0.3, -0.25) is 0 Å². The number of benzene rings is 2. The predicted molar refractivity (Wildman–Crippen MR) is 96.4 cm³/mol. The average molecular weight is 358 g/mol. The largest absolute Gasteiger partial charge is 0.465 e. The van der Waals surface area contributed by atoms with Crippen LogP contribution in [0.1, 0.15) is 24.2 Å². The van der Waals surface area contributed by atoms with E-state index in [-0.39, 0.29) is 11.8 Å².